The molecule has 0 aromatic heterocycles. The first kappa shape index (κ1) is 13.8. The third-order valence-corrected chi connectivity index (χ3v) is 4.70. The van der Waals surface area contributed by atoms with Gasteiger partial charge in [0.1, 0.15) is 5.75 Å². The smallest absolute Gasteiger partial charge is 0.119 e. The monoisotopic (exact) mass is 265 g/mol. The molecule has 1 aliphatic rings. The lowest BCUT2D eigenvalue weighted by molar-refractivity contribution is 0.413. The van der Waals surface area contributed by atoms with Crippen LogP contribution in [0.5, 0.6) is 5.75 Å². The van der Waals surface area contributed by atoms with Crippen molar-refractivity contribution in [3.05, 3.63) is 24.3 Å². The van der Waals surface area contributed by atoms with Crippen LogP contribution < -0.4 is 10.1 Å². The van der Waals surface area contributed by atoms with Crippen molar-refractivity contribution < 1.29 is 4.74 Å². The van der Waals surface area contributed by atoms with Gasteiger partial charge in [-0.3, -0.25) is 0 Å². The van der Waals surface area contributed by atoms with Gasteiger partial charge in [0.15, 0.2) is 0 Å². The van der Waals surface area contributed by atoms with Crippen LogP contribution in [0, 0.1) is 0 Å². The van der Waals surface area contributed by atoms with E-state index in [1.54, 1.807) is 7.11 Å². The molecule has 0 bridgehead atoms. The van der Waals surface area contributed by atoms with E-state index >= 15 is 0 Å². The van der Waals surface area contributed by atoms with Gasteiger partial charge in [-0.2, -0.15) is 0 Å². The molecule has 1 aromatic rings. The summed E-state index contributed by atoms with van der Waals surface area (Å²) in [5, 5.41) is 4.39. The number of thioether (sulfide) groups is 1. The number of hydrogen-bond acceptors (Lipinski definition) is 3. The molecule has 2 unspecified atom stereocenters. The Kier molecular flexibility index (Phi) is 5.39. The average molecular weight is 265 g/mol. The Labute approximate surface area is 114 Å². The Hall–Kier alpha value is -0.670. The van der Waals surface area contributed by atoms with E-state index in [1.807, 2.05) is 17.8 Å². The Morgan fingerprint density at radius 3 is 3.06 bits per heavy atom. The van der Waals surface area contributed by atoms with Crippen LogP contribution in [0.4, 0.5) is 0 Å². The molecule has 2 nitrogen and oxygen atoms in total. The second-order valence-corrected chi connectivity index (χ2v) is 6.26. The first-order valence-electron chi connectivity index (χ1n) is 6.86. The van der Waals surface area contributed by atoms with E-state index < -0.39 is 0 Å². The molecule has 1 aliphatic carbocycles. The maximum absolute atomic E-state index is 5.27. The van der Waals surface area contributed by atoms with Gasteiger partial charge in [0.25, 0.3) is 0 Å². The minimum absolute atomic E-state index is 0.730. The van der Waals surface area contributed by atoms with E-state index in [1.165, 1.54) is 30.6 Å². The van der Waals surface area contributed by atoms with Crippen LogP contribution in [0.1, 0.15) is 32.6 Å². The minimum atomic E-state index is 0.730. The molecule has 0 spiro atoms. The molecule has 3 heteroatoms. The zero-order valence-electron chi connectivity index (χ0n) is 11.3. The molecule has 2 rings (SSSR count). The number of nitrogens with one attached hydrogen (secondary N) is 1. The highest BCUT2D eigenvalue weighted by Gasteiger charge is 2.24. The molecule has 1 saturated carbocycles. The molecular formula is C15H23NOS. The topological polar surface area (TPSA) is 21.3 Å². The van der Waals surface area contributed by atoms with Crippen LogP contribution in [0.15, 0.2) is 29.2 Å². The highest BCUT2D eigenvalue weighted by atomic mass is 32.2. The quantitative estimate of drug-likeness (QED) is 0.847. The van der Waals surface area contributed by atoms with E-state index in [-0.39, 0.29) is 0 Å². The van der Waals surface area contributed by atoms with Crippen LogP contribution in [0.3, 0.4) is 0 Å². The highest BCUT2D eigenvalue weighted by molar-refractivity contribution is 8.00. The van der Waals surface area contributed by atoms with E-state index in [0.717, 1.165) is 23.6 Å². The second-order valence-electron chi connectivity index (χ2n) is 4.88. The fraction of sp³-hybridized carbons (Fsp3) is 0.600. The molecule has 1 N–H and O–H groups in total. The van der Waals surface area contributed by atoms with Crippen molar-refractivity contribution in [2.45, 2.75) is 48.8 Å². The molecule has 1 fully saturated rings. The molecule has 2 atom stereocenters. The van der Waals surface area contributed by atoms with Gasteiger partial charge in [-0.15, -0.1) is 11.8 Å². The van der Waals surface area contributed by atoms with Gasteiger partial charge >= 0.3 is 0 Å². The van der Waals surface area contributed by atoms with Crippen LogP contribution in [-0.4, -0.2) is 24.9 Å². The summed E-state index contributed by atoms with van der Waals surface area (Å²) >= 11 is 2.00. The summed E-state index contributed by atoms with van der Waals surface area (Å²) in [5.74, 6) is 0.957. The van der Waals surface area contributed by atoms with Crippen molar-refractivity contribution in [3.8, 4) is 5.75 Å². The Bertz CT molecular complexity index is 369. The zero-order chi connectivity index (χ0) is 12.8. The van der Waals surface area contributed by atoms with E-state index in [9.17, 15) is 0 Å². The first-order valence-corrected chi connectivity index (χ1v) is 7.74. The molecule has 0 amide bonds. The largest absolute Gasteiger partial charge is 0.497 e. The van der Waals surface area contributed by atoms with Gasteiger partial charge in [-0.05, 0) is 50.4 Å². The Balaban J connectivity index is 1.83. The van der Waals surface area contributed by atoms with Crippen LogP contribution in [-0.2, 0) is 0 Å². The number of rotatable bonds is 6. The fourth-order valence-electron chi connectivity index (χ4n) is 2.45. The molecule has 0 radical (unpaired) electrons. The summed E-state index contributed by atoms with van der Waals surface area (Å²) < 4.78 is 5.27. The maximum atomic E-state index is 5.27. The van der Waals surface area contributed by atoms with Gasteiger partial charge in [0.05, 0.1) is 7.11 Å². The normalized spacial score (nSPS) is 23.2. The minimum Gasteiger partial charge on any atom is -0.497 e. The average Bonchev–Trinajstić information content (AvgIpc) is 2.84. The number of benzene rings is 1. The molecule has 100 valence electrons. The number of ether oxygens (including phenoxy) is 1. The molecule has 0 saturated heterocycles. The van der Waals surface area contributed by atoms with Crippen molar-refractivity contribution in [1.82, 2.24) is 5.32 Å². The van der Waals surface area contributed by atoms with E-state index in [0.29, 0.717) is 0 Å². The summed E-state index contributed by atoms with van der Waals surface area (Å²) in [4.78, 5) is 1.33. The van der Waals surface area contributed by atoms with Crippen LogP contribution in [0.25, 0.3) is 0 Å². The third kappa shape index (κ3) is 3.92. The standard InChI is InChI=1S/C15H23NOS/c1-3-9-16-12-7-8-15(10-12)18-14-6-4-5-13(11-14)17-2/h4-6,11-12,15-16H,3,7-10H2,1-2H3. The third-order valence-electron chi connectivity index (χ3n) is 3.41. The molecular weight excluding hydrogens is 242 g/mol. The van der Waals surface area contributed by atoms with Gasteiger partial charge in [-0.1, -0.05) is 13.0 Å². The second kappa shape index (κ2) is 7.05. The predicted molar refractivity (Wildman–Crippen MR) is 78.6 cm³/mol. The van der Waals surface area contributed by atoms with Gasteiger partial charge < -0.3 is 10.1 Å². The molecule has 0 aliphatic heterocycles. The lowest BCUT2D eigenvalue weighted by Crippen LogP contribution is -2.27. The molecule has 0 heterocycles. The van der Waals surface area contributed by atoms with Crippen LogP contribution >= 0.6 is 11.8 Å². The Morgan fingerprint density at radius 2 is 2.28 bits per heavy atom. The van der Waals surface area contributed by atoms with Gasteiger partial charge in [0, 0.05) is 16.2 Å². The summed E-state index contributed by atoms with van der Waals surface area (Å²) in [6.07, 6.45) is 5.16. The lowest BCUT2D eigenvalue weighted by Gasteiger charge is -2.13. The lowest BCUT2D eigenvalue weighted by atomic mass is 10.2. The van der Waals surface area contributed by atoms with Crippen molar-refractivity contribution in [3.63, 3.8) is 0 Å². The van der Waals surface area contributed by atoms with E-state index in [4.69, 9.17) is 4.74 Å². The Morgan fingerprint density at radius 1 is 1.39 bits per heavy atom. The van der Waals surface area contributed by atoms with Crippen molar-refractivity contribution in [2.24, 2.45) is 0 Å². The predicted octanol–water partition coefficient (Wildman–Crippen LogP) is 3.71. The molecule has 18 heavy (non-hydrogen) atoms. The molecule has 1 aromatic carbocycles. The number of hydrogen-bond donors (Lipinski definition) is 1. The van der Waals surface area contributed by atoms with Gasteiger partial charge in [-0.25, -0.2) is 0 Å². The maximum Gasteiger partial charge on any atom is 0.119 e. The zero-order valence-corrected chi connectivity index (χ0v) is 12.1. The fourth-order valence-corrected chi connectivity index (χ4v) is 3.76. The van der Waals surface area contributed by atoms with Crippen molar-refractivity contribution >= 4 is 11.8 Å². The summed E-state index contributed by atoms with van der Waals surface area (Å²) in [5.41, 5.74) is 0. The van der Waals surface area contributed by atoms with Crippen LogP contribution in [0.2, 0.25) is 0 Å². The van der Waals surface area contributed by atoms with Gasteiger partial charge in [0.2, 0.25) is 0 Å². The van der Waals surface area contributed by atoms with E-state index in [2.05, 4.69) is 30.4 Å². The first-order chi connectivity index (χ1) is 8.81. The number of methoxy groups -OCH3 is 1. The SMILES string of the molecule is CCCNC1CCC(Sc2cccc(OC)c2)C1. The van der Waals surface area contributed by atoms with Crippen molar-refractivity contribution in [2.75, 3.05) is 13.7 Å². The van der Waals surface area contributed by atoms with Crippen molar-refractivity contribution in [1.29, 1.82) is 0 Å². The summed E-state index contributed by atoms with van der Waals surface area (Å²) in [6, 6.07) is 9.12. The summed E-state index contributed by atoms with van der Waals surface area (Å²) in [7, 11) is 1.73. The summed E-state index contributed by atoms with van der Waals surface area (Å²) in [6.45, 7) is 3.38. The highest BCUT2D eigenvalue weighted by Crippen LogP contribution is 2.35.